The summed E-state index contributed by atoms with van der Waals surface area (Å²) in [5.41, 5.74) is 5.17. The van der Waals surface area contributed by atoms with Crippen molar-refractivity contribution in [1.29, 1.82) is 0 Å². The molecular formula is C26H25N3O2. The van der Waals surface area contributed by atoms with E-state index in [1.165, 1.54) is 12.8 Å². The topological polar surface area (TPSA) is 61.4 Å². The van der Waals surface area contributed by atoms with Crippen molar-refractivity contribution in [1.82, 2.24) is 4.90 Å². The number of hydrogen-bond donors (Lipinski definition) is 2. The molecular weight excluding hydrogens is 386 g/mol. The summed E-state index contributed by atoms with van der Waals surface area (Å²) in [5, 5.41) is 6.43. The Morgan fingerprint density at radius 3 is 2.32 bits per heavy atom. The van der Waals surface area contributed by atoms with Gasteiger partial charge in [-0.25, -0.2) is 0 Å². The van der Waals surface area contributed by atoms with Gasteiger partial charge in [0.1, 0.15) is 6.17 Å². The average Bonchev–Trinajstić information content (AvgIpc) is 3.58. The fourth-order valence-corrected chi connectivity index (χ4v) is 4.01. The summed E-state index contributed by atoms with van der Waals surface area (Å²) < 4.78 is 0. The van der Waals surface area contributed by atoms with E-state index in [1.54, 1.807) is 12.1 Å². The molecule has 1 heterocycles. The van der Waals surface area contributed by atoms with E-state index in [4.69, 9.17) is 0 Å². The van der Waals surface area contributed by atoms with Crippen LogP contribution in [0.4, 0.5) is 11.4 Å². The third-order valence-corrected chi connectivity index (χ3v) is 5.97. The summed E-state index contributed by atoms with van der Waals surface area (Å²) in [7, 11) is 0. The molecule has 0 spiro atoms. The Kier molecular flexibility index (Phi) is 4.94. The minimum absolute atomic E-state index is 0.0918. The molecule has 31 heavy (non-hydrogen) atoms. The fraction of sp³-hybridized carbons (Fsp3) is 0.231. The van der Waals surface area contributed by atoms with E-state index in [-0.39, 0.29) is 18.0 Å². The maximum Gasteiger partial charge on any atom is 0.256 e. The molecule has 2 amide bonds. The molecule has 0 bridgehead atoms. The van der Waals surface area contributed by atoms with Crippen LogP contribution in [0.3, 0.4) is 0 Å². The molecule has 1 aliphatic carbocycles. The first-order valence-electron chi connectivity index (χ1n) is 10.7. The van der Waals surface area contributed by atoms with Gasteiger partial charge in [0.2, 0.25) is 0 Å². The smallest absolute Gasteiger partial charge is 0.256 e. The Labute approximate surface area is 182 Å². The van der Waals surface area contributed by atoms with Gasteiger partial charge in [0.15, 0.2) is 0 Å². The molecule has 1 atom stereocenters. The van der Waals surface area contributed by atoms with Crippen LogP contribution in [0.25, 0.3) is 0 Å². The highest BCUT2D eigenvalue weighted by Gasteiger charge is 2.39. The summed E-state index contributed by atoms with van der Waals surface area (Å²) in [6, 6.07) is 22.9. The van der Waals surface area contributed by atoms with Gasteiger partial charge in [-0.2, -0.15) is 0 Å². The van der Waals surface area contributed by atoms with E-state index < -0.39 is 0 Å². The molecule has 5 nitrogen and oxygen atoms in total. The lowest BCUT2D eigenvalue weighted by molar-refractivity contribution is 0.0734. The van der Waals surface area contributed by atoms with Crippen molar-refractivity contribution in [2.45, 2.75) is 25.9 Å². The van der Waals surface area contributed by atoms with E-state index in [9.17, 15) is 9.59 Å². The van der Waals surface area contributed by atoms with Gasteiger partial charge in [-0.3, -0.25) is 9.59 Å². The lowest BCUT2D eigenvalue weighted by Crippen LogP contribution is -2.34. The summed E-state index contributed by atoms with van der Waals surface area (Å²) in [5.74, 6) is 0.552. The van der Waals surface area contributed by atoms with E-state index in [0.717, 1.165) is 34.6 Å². The number of nitrogens with one attached hydrogen (secondary N) is 2. The molecule has 0 aromatic heterocycles. The Bertz CT molecular complexity index is 1120. The van der Waals surface area contributed by atoms with Crippen molar-refractivity contribution < 1.29 is 9.59 Å². The highest BCUT2D eigenvalue weighted by Crippen LogP contribution is 2.39. The van der Waals surface area contributed by atoms with Gasteiger partial charge in [-0.05, 0) is 68.1 Å². The van der Waals surface area contributed by atoms with Gasteiger partial charge >= 0.3 is 0 Å². The Balaban J connectivity index is 1.31. The van der Waals surface area contributed by atoms with Crippen LogP contribution in [0.2, 0.25) is 0 Å². The lowest BCUT2D eigenvalue weighted by Gasteiger charge is -2.27. The van der Waals surface area contributed by atoms with Crippen molar-refractivity contribution in [2.24, 2.45) is 5.92 Å². The molecule has 1 fully saturated rings. The van der Waals surface area contributed by atoms with Gasteiger partial charge in [0.25, 0.3) is 11.8 Å². The summed E-state index contributed by atoms with van der Waals surface area (Å²) in [4.78, 5) is 27.4. The number of carbonyl (C=O) groups is 2. The fourth-order valence-electron chi connectivity index (χ4n) is 4.01. The van der Waals surface area contributed by atoms with Gasteiger partial charge in [-0.15, -0.1) is 0 Å². The Morgan fingerprint density at radius 2 is 1.61 bits per heavy atom. The molecule has 5 heteroatoms. The molecule has 1 aliphatic heterocycles. The highest BCUT2D eigenvalue weighted by atomic mass is 16.2. The van der Waals surface area contributed by atoms with Gasteiger partial charge in [0.05, 0.1) is 0 Å². The minimum atomic E-state index is -0.184. The zero-order valence-electron chi connectivity index (χ0n) is 17.5. The van der Waals surface area contributed by atoms with Crippen molar-refractivity contribution in [3.63, 3.8) is 0 Å². The molecule has 2 aliphatic rings. The molecule has 3 aromatic rings. The number of benzene rings is 3. The van der Waals surface area contributed by atoms with E-state index >= 15 is 0 Å². The predicted molar refractivity (Wildman–Crippen MR) is 122 cm³/mol. The molecule has 0 radical (unpaired) electrons. The summed E-state index contributed by atoms with van der Waals surface area (Å²) >= 11 is 0. The second kappa shape index (κ2) is 7.91. The van der Waals surface area contributed by atoms with E-state index in [2.05, 4.69) is 10.6 Å². The van der Waals surface area contributed by atoms with Crippen LogP contribution in [0.5, 0.6) is 0 Å². The molecule has 1 unspecified atom stereocenters. The minimum Gasteiger partial charge on any atom is -0.361 e. The monoisotopic (exact) mass is 411 g/mol. The van der Waals surface area contributed by atoms with Crippen LogP contribution < -0.4 is 10.6 Å². The zero-order chi connectivity index (χ0) is 21.4. The first kappa shape index (κ1) is 19.4. The maximum atomic E-state index is 12.9. The zero-order valence-corrected chi connectivity index (χ0v) is 17.5. The maximum absolute atomic E-state index is 12.9. The standard InChI is InChI=1S/C26H25N3O2/c1-17-6-12-21(13-7-17)28-25(30)19-10-14-20(15-11-19)27-24-22-4-2-3-5-23(22)26(31)29(24)16-18-8-9-18/h2-7,10-15,18,24,27H,8-9,16H2,1H3,(H,28,30). The number of fused-ring (bicyclic) bond motifs is 1. The van der Waals surface area contributed by atoms with Crippen LogP contribution >= 0.6 is 0 Å². The largest absolute Gasteiger partial charge is 0.361 e. The third kappa shape index (κ3) is 4.04. The van der Waals surface area contributed by atoms with Crippen molar-refractivity contribution in [3.05, 3.63) is 95.1 Å². The average molecular weight is 412 g/mol. The van der Waals surface area contributed by atoms with Crippen LogP contribution in [-0.2, 0) is 0 Å². The highest BCUT2D eigenvalue weighted by molar-refractivity contribution is 6.04. The number of nitrogens with zero attached hydrogens (tertiary/aromatic N) is 1. The lowest BCUT2D eigenvalue weighted by atomic mass is 10.1. The van der Waals surface area contributed by atoms with Gasteiger partial charge < -0.3 is 15.5 Å². The second-order valence-electron chi connectivity index (χ2n) is 8.43. The number of aryl methyl sites for hydroxylation is 1. The third-order valence-electron chi connectivity index (χ3n) is 5.97. The normalized spacial score (nSPS) is 17.4. The molecule has 2 N–H and O–H groups in total. The van der Waals surface area contributed by atoms with Crippen LogP contribution in [-0.4, -0.2) is 23.3 Å². The van der Waals surface area contributed by atoms with Crippen LogP contribution in [0, 0.1) is 12.8 Å². The van der Waals surface area contributed by atoms with Gasteiger partial charge in [0, 0.05) is 34.6 Å². The van der Waals surface area contributed by atoms with Crippen molar-refractivity contribution in [3.8, 4) is 0 Å². The van der Waals surface area contributed by atoms with Crippen LogP contribution in [0.1, 0.15) is 50.9 Å². The quantitative estimate of drug-likeness (QED) is 0.584. The van der Waals surface area contributed by atoms with Crippen molar-refractivity contribution in [2.75, 3.05) is 17.2 Å². The number of amides is 2. The van der Waals surface area contributed by atoms with E-state index in [0.29, 0.717) is 11.5 Å². The number of anilines is 2. The van der Waals surface area contributed by atoms with Crippen molar-refractivity contribution >= 4 is 23.2 Å². The Hall–Kier alpha value is -3.60. The predicted octanol–water partition coefficient (Wildman–Crippen LogP) is 5.22. The second-order valence-corrected chi connectivity index (χ2v) is 8.43. The summed E-state index contributed by atoms with van der Waals surface area (Å²) in [6.07, 6.45) is 2.20. The first-order valence-corrected chi connectivity index (χ1v) is 10.7. The van der Waals surface area contributed by atoms with Gasteiger partial charge in [-0.1, -0.05) is 35.9 Å². The molecule has 3 aromatic carbocycles. The van der Waals surface area contributed by atoms with E-state index in [1.807, 2.05) is 72.5 Å². The van der Waals surface area contributed by atoms with Crippen LogP contribution in [0.15, 0.2) is 72.8 Å². The molecule has 5 rings (SSSR count). The SMILES string of the molecule is Cc1ccc(NC(=O)c2ccc(NC3c4ccccc4C(=O)N3CC3CC3)cc2)cc1. The summed E-state index contributed by atoms with van der Waals surface area (Å²) in [6.45, 7) is 2.79. The number of rotatable bonds is 6. The first-order chi connectivity index (χ1) is 15.1. The molecule has 156 valence electrons. The number of hydrogen-bond acceptors (Lipinski definition) is 3. The molecule has 0 saturated heterocycles. The molecule has 1 saturated carbocycles. The Morgan fingerprint density at radius 1 is 0.935 bits per heavy atom. The number of carbonyl (C=O) groups excluding carboxylic acids is 2.